The van der Waals surface area contributed by atoms with Crippen molar-refractivity contribution in [2.75, 3.05) is 19.6 Å². The number of rotatable bonds is 5. The monoisotopic (exact) mass is 378 g/mol. The van der Waals surface area contributed by atoms with E-state index in [4.69, 9.17) is 9.73 Å². The lowest BCUT2D eigenvalue weighted by molar-refractivity contribution is 0.308. The van der Waals surface area contributed by atoms with Crippen molar-refractivity contribution in [3.05, 3.63) is 70.7 Å². The summed E-state index contributed by atoms with van der Waals surface area (Å²) in [4.78, 5) is 7.50. The van der Waals surface area contributed by atoms with Gasteiger partial charge in [0.15, 0.2) is 0 Å². The van der Waals surface area contributed by atoms with Gasteiger partial charge in [-0.1, -0.05) is 42.8 Å². The standard InChI is InChI=1S/C25H34N2O/c1-6-11-23-25(26-7-2)22-17-27(15-20-12-9-8-10-13-20)16-21(22)19(5)24(28-23)14-18(3)4/h8-14,21-22H,6-7,15-17H2,1-5H3/b23-11+,26-25?/t21-,22-/m0/s1. The summed E-state index contributed by atoms with van der Waals surface area (Å²) in [7, 11) is 0. The van der Waals surface area contributed by atoms with E-state index in [1.54, 1.807) is 0 Å². The summed E-state index contributed by atoms with van der Waals surface area (Å²) in [6.07, 6.45) is 5.33. The minimum absolute atomic E-state index is 0.393. The number of likely N-dealkylation sites (tertiary alicyclic amines) is 1. The molecule has 150 valence electrons. The second kappa shape index (κ2) is 9.38. The summed E-state index contributed by atoms with van der Waals surface area (Å²) >= 11 is 0. The average Bonchev–Trinajstić information content (AvgIpc) is 3.04. The van der Waals surface area contributed by atoms with Gasteiger partial charge in [-0.3, -0.25) is 9.89 Å². The Morgan fingerprint density at radius 3 is 2.50 bits per heavy atom. The number of fused-ring (bicyclic) bond motifs is 1. The number of benzene rings is 1. The highest BCUT2D eigenvalue weighted by atomic mass is 16.5. The van der Waals surface area contributed by atoms with Crippen LogP contribution < -0.4 is 0 Å². The van der Waals surface area contributed by atoms with Crippen molar-refractivity contribution in [2.45, 2.75) is 47.6 Å². The molecule has 2 heterocycles. The van der Waals surface area contributed by atoms with Crippen LogP contribution in [0.4, 0.5) is 0 Å². The van der Waals surface area contributed by atoms with Gasteiger partial charge in [0.25, 0.3) is 0 Å². The Morgan fingerprint density at radius 1 is 1.14 bits per heavy atom. The number of aliphatic imine (C=N–C) groups is 1. The first-order chi connectivity index (χ1) is 13.5. The Bertz CT molecular complexity index is 797. The quantitative estimate of drug-likeness (QED) is 0.651. The van der Waals surface area contributed by atoms with Gasteiger partial charge in [-0.05, 0) is 57.4 Å². The molecule has 0 amide bonds. The zero-order valence-electron chi connectivity index (χ0n) is 18.0. The summed E-state index contributed by atoms with van der Waals surface area (Å²) < 4.78 is 6.45. The molecule has 3 rings (SSSR count). The van der Waals surface area contributed by atoms with Crippen LogP contribution in [0.15, 0.2) is 70.1 Å². The molecule has 0 N–H and O–H groups in total. The van der Waals surface area contributed by atoms with Gasteiger partial charge in [-0.15, -0.1) is 0 Å². The second-order valence-electron chi connectivity index (χ2n) is 8.10. The smallest absolute Gasteiger partial charge is 0.144 e. The lowest BCUT2D eigenvalue weighted by Crippen LogP contribution is -2.25. The molecule has 1 fully saturated rings. The highest BCUT2D eigenvalue weighted by Gasteiger charge is 2.41. The molecule has 3 nitrogen and oxygen atoms in total. The van der Waals surface area contributed by atoms with Gasteiger partial charge < -0.3 is 4.74 Å². The molecule has 0 aliphatic carbocycles. The van der Waals surface area contributed by atoms with Crippen LogP contribution in [-0.2, 0) is 11.3 Å². The molecule has 2 aliphatic heterocycles. The van der Waals surface area contributed by atoms with Gasteiger partial charge in [-0.25, -0.2) is 0 Å². The van der Waals surface area contributed by atoms with Crippen molar-refractivity contribution in [2.24, 2.45) is 16.8 Å². The predicted molar refractivity (Wildman–Crippen MR) is 118 cm³/mol. The molecule has 2 aliphatic rings. The van der Waals surface area contributed by atoms with Crippen LogP contribution in [0.3, 0.4) is 0 Å². The topological polar surface area (TPSA) is 24.8 Å². The number of ether oxygens (including phenoxy) is 1. The van der Waals surface area contributed by atoms with Crippen molar-refractivity contribution in [3.8, 4) is 0 Å². The Labute approximate surface area is 170 Å². The fourth-order valence-electron chi connectivity index (χ4n) is 4.29. The van der Waals surface area contributed by atoms with E-state index in [0.29, 0.717) is 11.8 Å². The molecule has 0 bridgehead atoms. The third-order valence-corrected chi connectivity index (χ3v) is 5.55. The molecule has 1 aromatic carbocycles. The van der Waals surface area contributed by atoms with E-state index in [0.717, 1.165) is 49.8 Å². The highest BCUT2D eigenvalue weighted by molar-refractivity contribution is 6.01. The molecule has 0 spiro atoms. The van der Waals surface area contributed by atoms with Crippen LogP contribution in [0.5, 0.6) is 0 Å². The summed E-state index contributed by atoms with van der Waals surface area (Å²) in [6.45, 7) is 14.7. The summed E-state index contributed by atoms with van der Waals surface area (Å²) in [5, 5.41) is 0. The first kappa shape index (κ1) is 20.6. The van der Waals surface area contributed by atoms with E-state index < -0.39 is 0 Å². The van der Waals surface area contributed by atoms with Crippen molar-refractivity contribution in [1.29, 1.82) is 0 Å². The first-order valence-electron chi connectivity index (χ1n) is 10.6. The van der Waals surface area contributed by atoms with Crippen LogP contribution >= 0.6 is 0 Å². The number of nitrogens with zero attached hydrogens (tertiary/aromatic N) is 2. The fraction of sp³-hybridized carbons (Fsp3) is 0.480. The van der Waals surface area contributed by atoms with Crippen molar-refractivity contribution >= 4 is 5.71 Å². The minimum atomic E-state index is 0.393. The third-order valence-electron chi connectivity index (χ3n) is 5.55. The number of allylic oxidation sites excluding steroid dienone is 4. The zero-order chi connectivity index (χ0) is 20.1. The molecule has 1 aromatic rings. The van der Waals surface area contributed by atoms with Gasteiger partial charge in [0, 0.05) is 38.0 Å². The summed E-state index contributed by atoms with van der Waals surface area (Å²) in [6, 6.07) is 10.8. The number of hydrogen-bond acceptors (Lipinski definition) is 3. The Morgan fingerprint density at radius 2 is 1.86 bits per heavy atom. The van der Waals surface area contributed by atoms with Crippen LogP contribution in [-0.4, -0.2) is 30.2 Å². The maximum absolute atomic E-state index is 6.45. The maximum atomic E-state index is 6.45. The van der Waals surface area contributed by atoms with Crippen LogP contribution in [0.1, 0.15) is 46.6 Å². The second-order valence-corrected chi connectivity index (χ2v) is 8.10. The summed E-state index contributed by atoms with van der Waals surface area (Å²) in [5.41, 5.74) is 5.14. The van der Waals surface area contributed by atoms with Gasteiger partial charge in [0.1, 0.15) is 11.5 Å². The van der Waals surface area contributed by atoms with Gasteiger partial charge in [-0.2, -0.15) is 0 Å². The number of hydrogen-bond donors (Lipinski definition) is 0. The molecule has 3 heteroatoms. The molecule has 0 radical (unpaired) electrons. The van der Waals surface area contributed by atoms with Crippen LogP contribution in [0.2, 0.25) is 0 Å². The first-order valence-corrected chi connectivity index (χ1v) is 10.6. The maximum Gasteiger partial charge on any atom is 0.144 e. The SMILES string of the molecule is CC/C=C1/OC(C=C(C)C)=C(C)[C@@H]2CN(Cc3ccccc3)C[C@@H]2C1=NCC. The van der Waals surface area contributed by atoms with Crippen LogP contribution in [0.25, 0.3) is 0 Å². The van der Waals surface area contributed by atoms with E-state index in [-0.39, 0.29) is 0 Å². The van der Waals surface area contributed by atoms with E-state index in [1.807, 2.05) is 0 Å². The molecule has 0 unspecified atom stereocenters. The van der Waals surface area contributed by atoms with Gasteiger partial charge >= 0.3 is 0 Å². The minimum Gasteiger partial charge on any atom is -0.456 e. The normalized spacial score (nSPS) is 25.6. The summed E-state index contributed by atoms with van der Waals surface area (Å²) in [5.74, 6) is 2.81. The molecule has 0 aromatic heterocycles. The van der Waals surface area contributed by atoms with Gasteiger partial charge in [0.2, 0.25) is 0 Å². The van der Waals surface area contributed by atoms with Crippen molar-refractivity contribution in [3.63, 3.8) is 0 Å². The lowest BCUT2D eigenvalue weighted by Gasteiger charge is -2.19. The molecular weight excluding hydrogens is 344 g/mol. The average molecular weight is 379 g/mol. The third kappa shape index (κ3) is 4.64. The van der Waals surface area contributed by atoms with Crippen molar-refractivity contribution in [1.82, 2.24) is 4.90 Å². The highest BCUT2D eigenvalue weighted by Crippen LogP contribution is 2.39. The van der Waals surface area contributed by atoms with E-state index in [9.17, 15) is 0 Å². The fourth-order valence-corrected chi connectivity index (χ4v) is 4.29. The largest absolute Gasteiger partial charge is 0.456 e. The molecule has 2 atom stereocenters. The lowest BCUT2D eigenvalue weighted by atomic mass is 9.85. The predicted octanol–water partition coefficient (Wildman–Crippen LogP) is 5.76. The van der Waals surface area contributed by atoms with Crippen LogP contribution in [0, 0.1) is 11.8 Å². The molecular formula is C25H34N2O. The Hall–Kier alpha value is -2.13. The van der Waals surface area contributed by atoms with Gasteiger partial charge in [0.05, 0.1) is 5.71 Å². The van der Waals surface area contributed by atoms with E-state index in [1.165, 1.54) is 16.7 Å². The Kier molecular flexibility index (Phi) is 6.90. The van der Waals surface area contributed by atoms with Crippen molar-refractivity contribution < 1.29 is 4.74 Å². The van der Waals surface area contributed by atoms with E-state index in [2.05, 4.69) is 82.0 Å². The zero-order valence-corrected chi connectivity index (χ0v) is 18.0. The molecule has 28 heavy (non-hydrogen) atoms. The molecule has 0 saturated carbocycles. The Balaban J connectivity index is 1.98. The van der Waals surface area contributed by atoms with E-state index >= 15 is 0 Å². The molecule has 1 saturated heterocycles.